The minimum absolute atomic E-state index is 0.171. The number of nitrogens with zero attached hydrogens (tertiary/aromatic N) is 2. The summed E-state index contributed by atoms with van der Waals surface area (Å²) in [4.78, 5) is 20.8. The number of rotatable bonds is 4. The summed E-state index contributed by atoms with van der Waals surface area (Å²) in [6, 6.07) is 16.0. The number of pyridine rings is 2. The van der Waals surface area contributed by atoms with Gasteiger partial charge in [0, 0.05) is 17.8 Å². The summed E-state index contributed by atoms with van der Waals surface area (Å²) in [5, 5.41) is 6.37. The van der Waals surface area contributed by atoms with E-state index in [1.165, 1.54) is 18.3 Å². The molecule has 0 unspecified atom stereocenters. The summed E-state index contributed by atoms with van der Waals surface area (Å²) in [7, 11) is 0. The van der Waals surface area contributed by atoms with Gasteiger partial charge in [0.25, 0.3) is 5.91 Å². The molecule has 0 aliphatic heterocycles. The van der Waals surface area contributed by atoms with E-state index in [1.54, 1.807) is 12.3 Å². The summed E-state index contributed by atoms with van der Waals surface area (Å²) in [6.07, 6.45) is 3.03. The Morgan fingerprint density at radius 1 is 0.857 bits per heavy atom. The Bertz CT molecular complexity index is 1140. The number of carbonyl (C=O) groups excluding carboxylic acids is 1. The highest BCUT2D eigenvalue weighted by Crippen LogP contribution is 2.24. The second-order valence-corrected chi connectivity index (χ2v) is 5.99. The molecule has 7 heteroatoms. The van der Waals surface area contributed by atoms with Crippen LogP contribution in [-0.2, 0) is 0 Å². The van der Waals surface area contributed by atoms with Gasteiger partial charge in [-0.05, 0) is 36.4 Å². The molecule has 0 fully saturated rings. The zero-order chi connectivity index (χ0) is 19.5. The Morgan fingerprint density at radius 2 is 1.61 bits per heavy atom. The first-order valence-corrected chi connectivity index (χ1v) is 8.44. The van der Waals surface area contributed by atoms with Crippen LogP contribution in [0.15, 0.2) is 73.1 Å². The molecule has 0 atom stereocenters. The highest BCUT2D eigenvalue weighted by molar-refractivity contribution is 6.04. The molecule has 0 saturated carbocycles. The fourth-order valence-corrected chi connectivity index (χ4v) is 2.75. The van der Waals surface area contributed by atoms with E-state index >= 15 is 0 Å². The molecule has 0 bridgehead atoms. The van der Waals surface area contributed by atoms with Crippen molar-refractivity contribution in [2.75, 3.05) is 10.6 Å². The van der Waals surface area contributed by atoms with Crippen molar-refractivity contribution in [2.45, 2.75) is 0 Å². The Labute approximate surface area is 159 Å². The van der Waals surface area contributed by atoms with Gasteiger partial charge in [-0.25, -0.2) is 13.8 Å². The third kappa shape index (κ3) is 3.50. The zero-order valence-electron chi connectivity index (χ0n) is 14.5. The number of hydrogen-bond acceptors (Lipinski definition) is 4. The molecule has 28 heavy (non-hydrogen) atoms. The molecule has 0 aliphatic carbocycles. The fraction of sp³-hybridized carbons (Fsp3) is 0. The molecule has 1 amide bonds. The van der Waals surface area contributed by atoms with Gasteiger partial charge < -0.3 is 10.6 Å². The molecule has 2 aromatic carbocycles. The monoisotopic (exact) mass is 376 g/mol. The first-order valence-electron chi connectivity index (χ1n) is 8.44. The van der Waals surface area contributed by atoms with Crippen LogP contribution in [0, 0.1) is 11.6 Å². The first kappa shape index (κ1) is 17.5. The SMILES string of the molecule is O=C(Nc1c(F)cccc1F)c1ccc(Nc2cccc3cccnc23)nc1. The Morgan fingerprint density at radius 3 is 2.36 bits per heavy atom. The molecule has 4 aromatic rings. The highest BCUT2D eigenvalue weighted by Gasteiger charge is 2.14. The molecule has 0 spiro atoms. The number of nitrogens with one attached hydrogen (secondary N) is 2. The molecule has 0 aliphatic rings. The maximum absolute atomic E-state index is 13.7. The molecule has 4 rings (SSSR count). The third-order valence-electron chi connectivity index (χ3n) is 4.12. The van der Waals surface area contributed by atoms with Crippen molar-refractivity contribution in [3.8, 4) is 0 Å². The minimum atomic E-state index is -0.844. The van der Waals surface area contributed by atoms with E-state index in [4.69, 9.17) is 0 Å². The van der Waals surface area contributed by atoms with Crippen molar-refractivity contribution in [1.82, 2.24) is 9.97 Å². The van der Waals surface area contributed by atoms with Gasteiger partial charge in [-0.15, -0.1) is 0 Å². The van der Waals surface area contributed by atoms with Gasteiger partial charge in [-0.3, -0.25) is 9.78 Å². The second kappa shape index (κ2) is 7.40. The number of hydrogen-bond donors (Lipinski definition) is 2. The molecule has 138 valence electrons. The molecule has 2 aromatic heterocycles. The number of amides is 1. The Balaban J connectivity index is 1.53. The lowest BCUT2D eigenvalue weighted by molar-refractivity contribution is 0.102. The average molecular weight is 376 g/mol. The second-order valence-electron chi connectivity index (χ2n) is 5.99. The van der Waals surface area contributed by atoms with Gasteiger partial charge in [0.2, 0.25) is 0 Å². The maximum atomic E-state index is 13.7. The maximum Gasteiger partial charge on any atom is 0.257 e. The molecule has 5 nitrogen and oxygen atoms in total. The van der Waals surface area contributed by atoms with Crippen LogP contribution in [0.3, 0.4) is 0 Å². The van der Waals surface area contributed by atoms with E-state index < -0.39 is 23.2 Å². The normalized spacial score (nSPS) is 10.6. The van der Waals surface area contributed by atoms with E-state index in [0.717, 1.165) is 28.7 Å². The smallest absolute Gasteiger partial charge is 0.257 e. The Kier molecular flexibility index (Phi) is 4.63. The summed E-state index contributed by atoms with van der Waals surface area (Å²) >= 11 is 0. The van der Waals surface area contributed by atoms with Crippen LogP contribution in [-0.4, -0.2) is 15.9 Å². The van der Waals surface area contributed by atoms with Crippen molar-refractivity contribution < 1.29 is 13.6 Å². The molecule has 0 saturated heterocycles. The van der Waals surface area contributed by atoms with Gasteiger partial charge in [-0.1, -0.05) is 24.3 Å². The van der Waals surface area contributed by atoms with E-state index in [-0.39, 0.29) is 5.56 Å². The van der Waals surface area contributed by atoms with Crippen LogP contribution in [0.25, 0.3) is 10.9 Å². The number of anilines is 3. The van der Waals surface area contributed by atoms with Crippen LogP contribution in [0.2, 0.25) is 0 Å². The van der Waals surface area contributed by atoms with Crippen LogP contribution >= 0.6 is 0 Å². The third-order valence-corrected chi connectivity index (χ3v) is 4.12. The lowest BCUT2D eigenvalue weighted by Crippen LogP contribution is -2.14. The topological polar surface area (TPSA) is 66.9 Å². The van der Waals surface area contributed by atoms with Gasteiger partial charge in [0.1, 0.15) is 23.1 Å². The van der Waals surface area contributed by atoms with Gasteiger partial charge in [0.15, 0.2) is 0 Å². The van der Waals surface area contributed by atoms with Gasteiger partial charge in [0.05, 0.1) is 16.8 Å². The van der Waals surface area contributed by atoms with Crippen molar-refractivity contribution in [1.29, 1.82) is 0 Å². The molecule has 0 radical (unpaired) electrons. The van der Waals surface area contributed by atoms with E-state index in [9.17, 15) is 13.6 Å². The molecular weight excluding hydrogens is 362 g/mol. The number of aromatic nitrogens is 2. The van der Waals surface area contributed by atoms with Crippen LogP contribution in [0.5, 0.6) is 0 Å². The summed E-state index contributed by atoms with van der Waals surface area (Å²) in [5.41, 5.74) is 1.25. The van der Waals surface area contributed by atoms with Crippen LogP contribution < -0.4 is 10.6 Å². The van der Waals surface area contributed by atoms with Gasteiger partial charge >= 0.3 is 0 Å². The number of halogens is 2. The van der Waals surface area contributed by atoms with Gasteiger partial charge in [-0.2, -0.15) is 0 Å². The van der Waals surface area contributed by atoms with Crippen molar-refractivity contribution in [3.63, 3.8) is 0 Å². The number of carbonyl (C=O) groups is 1. The zero-order valence-corrected chi connectivity index (χ0v) is 14.5. The molecular formula is C21H14F2N4O. The predicted octanol–water partition coefficient (Wildman–Crippen LogP) is 4.90. The van der Waals surface area contributed by atoms with E-state index in [0.29, 0.717) is 5.82 Å². The summed E-state index contributed by atoms with van der Waals surface area (Å²) < 4.78 is 27.3. The molecule has 2 heterocycles. The first-order chi connectivity index (χ1) is 13.6. The van der Waals surface area contributed by atoms with E-state index in [1.807, 2.05) is 30.3 Å². The van der Waals surface area contributed by atoms with Crippen LogP contribution in [0.4, 0.5) is 26.0 Å². The largest absolute Gasteiger partial charge is 0.338 e. The fourth-order valence-electron chi connectivity index (χ4n) is 2.75. The number of benzene rings is 2. The van der Waals surface area contributed by atoms with E-state index in [2.05, 4.69) is 20.6 Å². The average Bonchev–Trinajstić information content (AvgIpc) is 2.71. The number of para-hydroxylation sites is 2. The minimum Gasteiger partial charge on any atom is -0.338 e. The van der Waals surface area contributed by atoms with Crippen molar-refractivity contribution in [2.24, 2.45) is 0 Å². The summed E-state index contributed by atoms with van der Waals surface area (Å²) in [5.74, 6) is -1.84. The molecule has 2 N–H and O–H groups in total. The summed E-state index contributed by atoms with van der Waals surface area (Å²) in [6.45, 7) is 0. The van der Waals surface area contributed by atoms with Crippen molar-refractivity contribution in [3.05, 3.63) is 90.3 Å². The number of fused-ring (bicyclic) bond motifs is 1. The lowest BCUT2D eigenvalue weighted by Gasteiger charge is -2.10. The predicted molar refractivity (Wildman–Crippen MR) is 104 cm³/mol. The standard InChI is InChI=1S/C21H14F2N4O/c22-15-6-2-7-16(23)20(15)27-21(28)14-9-10-18(25-12-14)26-17-8-1-4-13-5-3-11-24-19(13)17/h1-12H,(H,25,26)(H,27,28). The Hall–Kier alpha value is -3.87. The van der Waals surface area contributed by atoms with Crippen LogP contribution in [0.1, 0.15) is 10.4 Å². The highest BCUT2D eigenvalue weighted by atomic mass is 19.1. The van der Waals surface area contributed by atoms with Crippen molar-refractivity contribution >= 4 is 34.0 Å². The lowest BCUT2D eigenvalue weighted by atomic mass is 10.2. The quantitative estimate of drug-likeness (QED) is 0.531.